The molecule has 0 aromatic heterocycles. The van der Waals surface area contributed by atoms with Crippen LogP contribution in [0.25, 0.3) is 11.1 Å². The quantitative estimate of drug-likeness (QED) is 0.0208. The number of hydrogen-bond acceptors (Lipinski definition) is 0. The van der Waals surface area contributed by atoms with Crippen molar-refractivity contribution >= 4 is 11.4 Å². The number of hydrogen-bond donors (Lipinski definition) is 0. The molecule has 0 bridgehead atoms. The molecule has 0 amide bonds. The van der Waals surface area contributed by atoms with E-state index in [1.165, 1.54) is 110 Å². The van der Waals surface area contributed by atoms with Gasteiger partial charge in [-0.15, -0.1) is 16.6 Å². The van der Waals surface area contributed by atoms with Crippen molar-refractivity contribution in [3.05, 3.63) is 88.0 Å². The second-order valence-corrected chi connectivity index (χ2v) is 14.9. The average molecular weight is 729 g/mol. The van der Waals surface area contributed by atoms with Crippen LogP contribution >= 0.6 is 0 Å². The fraction of sp³-hybridized carbons (Fsp3) is 0.591. The Bertz CT molecular complexity index is 1230. The number of unbranched alkanes of at least 4 members (excludes halogenated alkanes) is 12. The molecule has 0 saturated heterocycles. The van der Waals surface area contributed by atoms with Crippen molar-refractivity contribution in [3.8, 4) is 11.8 Å². The molecule has 262 valence electrons. The van der Waals surface area contributed by atoms with E-state index in [2.05, 4.69) is 112 Å². The third-order valence-electron chi connectivity index (χ3n) is 8.19. The van der Waals surface area contributed by atoms with Gasteiger partial charge in [0.15, 0.2) is 0 Å². The minimum atomic E-state index is 0.836. The Morgan fingerprint density at radius 3 is 1.87 bits per heavy atom. The number of aryl methyl sites for hydroxylation is 2. The van der Waals surface area contributed by atoms with E-state index in [4.69, 9.17) is 0 Å². The molecule has 0 radical (unpaired) electrons. The Labute approximate surface area is 299 Å². The predicted octanol–water partition coefficient (Wildman–Crippen LogP) is 13.8. The normalized spacial score (nSPS) is 10.8. The van der Waals surface area contributed by atoms with E-state index in [0.29, 0.717) is 0 Å². The molecule has 0 aliphatic heterocycles. The standard InChI is InChI=1S/C36H48N2.2C4H9.Pd/c1-4-6-8-9-10-11-12-13-14-15-16-17-18-22-33-23-19-20-24-35(33)36(34-27-25-31(3)26-28-34)29-32(30-38-37)21-7-5-2;2*1-3-4-2;/h19-20,23-29H,4-15,18,21-22H2,1-3H3;2*1,3-4H2,2H3;. The first-order chi connectivity index (χ1) is 23.1. The van der Waals surface area contributed by atoms with Crippen molar-refractivity contribution in [2.75, 3.05) is 0 Å². The first-order valence-corrected chi connectivity index (χ1v) is 21.0. The van der Waals surface area contributed by atoms with E-state index in [0.717, 1.165) is 73.2 Å². The third-order valence-corrected chi connectivity index (χ3v) is 10.4. The van der Waals surface area contributed by atoms with Crippen molar-refractivity contribution in [3.63, 3.8) is 0 Å². The number of rotatable bonds is 23. The SMILES string of the molecule is CCCCCCCCCCCC#CCCc1ccccc1C(=CC(=C=[N+]=[N-])CCCC)c1ccc(C)cc1.CCC[CH2][Pd][CH2]CCC. The van der Waals surface area contributed by atoms with Gasteiger partial charge in [0.1, 0.15) is 0 Å². The molecule has 2 aromatic carbocycles. The first kappa shape index (κ1) is 42.6. The predicted molar refractivity (Wildman–Crippen MR) is 204 cm³/mol. The zero-order chi connectivity index (χ0) is 34.2. The summed E-state index contributed by atoms with van der Waals surface area (Å²) in [5.74, 6) is 9.65. The van der Waals surface area contributed by atoms with E-state index in [-0.39, 0.29) is 0 Å². The number of benzene rings is 2. The summed E-state index contributed by atoms with van der Waals surface area (Å²) >= 11 is 1.07. The molecule has 0 saturated carbocycles. The maximum atomic E-state index is 9.22. The summed E-state index contributed by atoms with van der Waals surface area (Å²) in [6.45, 7) is 11.1. The van der Waals surface area contributed by atoms with Crippen molar-refractivity contribution in [1.29, 1.82) is 0 Å². The van der Waals surface area contributed by atoms with Crippen LogP contribution in [-0.4, -0.2) is 10.7 Å². The fourth-order valence-electron chi connectivity index (χ4n) is 5.18. The number of nitrogens with zero attached hydrogens (tertiary/aromatic N) is 2. The molecule has 0 aliphatic carbocycles. The molecule has 0 unspecified atom stereocenters. The van der Waals surface area contributed by atoms with Gasteiger partial charge in [0.05, 0.1) is 5.57 Å². The van der Waals surface area contributed by atoms with Crippen molar-refractivity contribution in [1.82, 2.24) is 0 Å². The first-order valence-electron chi connectivity index (χ1n) is 18.8. The van der Waals surface area contributed by atoms with Crippen molar-refractivity contribution in [2.45, 2.75) is 166 Å². The van der Waals surface area contributed by atoms with Crippen LogP contribution in [0.5, 0.6) is 0 Å². The Morgan fingerprint density at radius 2 is 1.26 bits per heavy atom. The van der Waals surface area contributed by atoms with Crippen LogP contribution in [0.3, 0.4) is 0 Å². The monoisotopic (exact) mass is 728 g/mol. The topological polar surface area (TPSA) is 36.4 Å². The van der Waals surface area contributed by atoms with Gasteiger partial charge in [0, 0.05) is 12.8 Å². The van der Waals surface area contributed by atoms with Crippen LogP contribution in [-0.2, 0) is 24.4 Å². The Kier molecular flexibility index (Phi) is 28.0. The van der Waals surface area contributed by atoms with Gasteiger partial charge in [0.25, 0.3) is 0 Å². The second-order valence-electron chi connectivity index (χ2n) is 12.5. The molecular formula is C44H66N2Pd. The van der Waals surface area contributed by atoms with Crippen LogP contribution in [0.4, 0.5) is 0 Å². The van der Waals surface area contributed by atoms with Gasteiger partial charge >= 0.3 is 73.2 Å². The summed E-state index contributed by atoms with van der Waals surface area (Å²) in [4.78, 5) is 6.24. The molecular weight excluding hydrogens is 663 g/mol. The van der Waals surface area contributed by atoms with Crippen LogP contribution in [0, 0.1) is 18.8 Å². The van der Waals surface area contributed by atoms with E-state index in [1.807, 2.05) is 0 Å². The van der Waals surface area contributed by atoms with Crippen LogP contribution in [0.15, 0.2) is 60.2 Å². The molecule has 0 atom stereocenters. The van der Waals surface area contributed by atoms with Gasteiger partial charge in [-0.05, 0) is 60.9 Å². The van der Waals surface area contributed by atoms with E-state index in [9.17, 15) is 5.53 Å². The summed E-state index contributed by atoms with van der Waals surface area (Å²) in [6, 6.07) is 17.3. The van der Waals surface area contributed by atoms with Crippen LogP contribution in [0.1, 0.15) is 166 Å². The molecule has 47 heavy (non-hydrogen) atoms. The Hall–Kier alpha value is -2.44. The van der Waals surface area contributed by atoms with Gasteiger partial charge in [-0.1, -0.05) is 126 Å². The summed E-state index contributed by atoms with van der Waals surface area (Å²) in [5.41, 5.74) is 16.2. The average Bonchev–Trinajstić information content (AvgIpc) is 3.09. The molecule has 0 spiro atoms. The van der Waals surface area contributed by atoms with Gasteiger partial charge in [-0.2, -0.15) is 0 Å². The molecule has 2 rings (SSSR count). The molecule has 3 heteroatoms. The van der Waals surface area contributed by atoms with Gasteiger partial charge in [-0.3, -0.25) is 0 Å². The second kappa shape index (κ2) is 30.9. The van der Waals surface area contributed by atoms with Gasteiger partial charge < -0.3 is 5.53 Å². The summed E-state index contributed by atoms with van der Waals surface area (Å²) in [5, 5.41) is 0. The van der Waals surface area contributed by atoms with Crippen molar-refractivity contribution < 1.29 is 22.8 Å². The summed E-state index contributed by atoms with van der Waals surface area (Å²) < 4.78 is 0. The van der Waals surface area contributed by atoms with Gasteiger partial charge in [-0.25, -0.2) is 0 Å². The molecule has 0 N–H and O–H groups in total. The molecule has 0 heterocycles. The summed E-state index contributed by atoms with van der Waals surface area (Å²) in [7, 11) is 0. The Balaban J connectivity index is 0.00000107. The number of allylic oxidation sites excluding steroid dienone is 2. The molecule has 0 aliphatic rings. The van der Waals surface area contributed by atoms with E-state index in [1.54, 1.807) is 0 Å². The van der Waals surface area contributed by atoms with E-state index >= 15 is 0 Å². The van der Waals surface area contributed by atoms with Crippen LogP contribution in [0.2, 0.25) is 9.79 Å². The summed E-state index contributed by atoms with van der Waals surface area (Å²) in [6.07, 6.45) is 25.7. The zero-order valence-electron chi connectivity index (χ0n) is 30.8. The molecule has 2 aromatic rings. The fourth-order valence-corrected chi connectivity index (χ4v) is 7.44. The van der Waals surface area contributed by atoms with Crippen LogP contribution < -0.4 is 0 Å². The van der Waals surface area contributed by atoms with Gasteiger partial charge in [0.2, 0.25) is 0 Å². The van der Waals surface area contributed by atoms with E-state index < -0.39 is 0 Å². The maximum absolute atomic E-state index is 9.22. The Morgan fingerprint density at radius 1 is 0.681 bits per heavy atom. The van der Waals surface area contributed by atoms with Crippen molar-refractivity contribution in [2.24, 2.45) is 0 Å². The minimum absolute atomic E-state index is 0.836. The molecule has 2 nitrogen and oxygen atoms in total. The zero-order valence-corrected chi connectivity index (χ0v) is 32.3. The third kappa shape index (κ3) is 21.9. The molecule has 0 fully saturated rings.